The smallest absolute Gasteiger partial charge is 0.316 e. The average molecular weight is 381 g/mol. The zero-order chi connectivity index (χ0) is 20.1. The van der Waals surface area contributed by atoms with Crippen LogP contribution in [-0.4, -0.2) is 25.0 Å². The molecule has 1 heterocycles. The summed E-state index contributed by atoms with van der Waals surface area (Å²) in [7, 11) is 0. The molecule has 0 bridgehead atoms. The van der Waals surface area contributed by atoms with E-state index in [1.54, 1.807) is 4.90 Å². The fourth-order valence-corrected chi connectivity index (χ4v) is 3.45. The highest BCUT2D eigenvalue weighted by atomic mass is 16.5. The molecule has 0 N–H and O–H groups in total. The van der Waals surface area contributed by atoms with Crippen molar-refractivity contribution < 1.29 is 19.1 Å². The molecule has 0 aromatic heterocycles. The number of nitrogens with zero attached hydrogens (tertiary/aromatic N) is 1. The number of ether oxygens (including phenoxy) is 2. The summed E-state index contributed by atoms with van der Waals surface area (Å²) in [6, 6.07) is 15.0. The third kappa shape index (κ3) is 4.19. The third-order valence-electron chi connectivity index (χ3n) is 5.19. The van der Waals surface area contributed by atoms with E-state index in [2.05, 4.69) is 13.8 Å². The fourth-order valence-electron chi connectivity index (χ4n) is 3.45. The van der Waals surface area contributed by atoms with Gasteiger partial charge in [0.25, 0.3) is 0 Å². The van der Waals surface area contributed by atoms with Crippen molar-refractivity contribution in [2.75, 3.05) is 18.1 Å². The van der Waals surface area contributed by atoms with Crippen LogP contribution in [-0.2, 0) is 9.59 Å². The monoisotopic (exact) mass is 381 g/mol. The molecule has 1 aliphatic rings. The van der Waals surface area contributed by atoms with Crippen LogP contribution in [0.1, 0.15) is 45.1 Å². The van der Waals surface area contributed by atoms with Crippen LogP contribution in [0.3, 0.4) is 0 Å². The van der Waals surface area contributed by atoms with Gasteiger partial charge in [0.05, 0.1) is 18.2 Å². The van der Waals surface area contributed by atoms with Crippen molar-refractivity contribution in [2.24, 2.45) is 5.92 Å². The van der Waals surface area contributed by atoms with Gasteiger partial charge in [0.1, 0.15) is 11.5 Å². The molecule has 28 heavy (non-hydrogen) atoms. The molecule has 2 atom stereocenters. The van der Waals surface area contributed by atoms with Gasteiger partial charge in [-0.1, -0.05) is 44.2 Å². The second-order valence-electron chi connectivity index (χ2n) is 7.07. The summed E-state index contributed by atoms with van der Waals surface area (Å²) in [6.07, 6.45) is 1.10. The van der Waals surface area contributed by atoms with E-state index < -0.39 is 5.92 Å². The molecule has 0 unspecified atom stereocenters. The summed E-state index contributed by atoms with van der Waals surface area (Å²) in [5.41, 5.74) is 1.71. The summed E-state index contributed by atoms with van der Waals surface area (Å²) in [4.78, 5) is 27.0. The molecule has 2 aromatic rings. The molecule has 0 spiro atoms. The minimum Gasteiger partial charge on any atom is -0.492 e. The highest BCUT2D eigenvalue weighted by Gasteiger charge is 2.37. The number of benzene rings is 2. The van der Waals surface area contributed by atoms with Gasteiger partial charge >= 0.3 is 5.97 Å². The molecule has 3 rings (SSSR count). The lowest BCUT2D eigenvalue weighted by Gasteiger charge is -2.20. The number of rotatable bonds is 7. The predicted molar refractivity (Wildman–Crippen MR) is 109 cm³/mol. The molecule has 1 amide bonds. The van der Waals surface area contributed by atoms with E-state index in [9.17, 15) is 9.59 Å². The van der Waals surface area contributed by atoms with Crippen molar-refractivity contribution in [1.82, 2.24) is 0 Å². The van der Waals surface area contributed by atoms with Crippen molar-refractivity contribution in [3.8, 4) is 11.5 Å². The Morgan fingerprint density at radius 1 is 1.11 bits per heavy atom. The number of carbonyl (C=O) groups is 2. The first kappa shape index (κ1) is 19.9. The van der Waals surface area contributed by atoms with E-state index in [4.69, 9.17) is 9.47 Å². The molecule has 1 fully saturated rings. The van der Waals surface area contributed by atoms with Crippen LogP contribution in [0.5, 0.6) is 11.5 Å². The van der Waals surface area contributed by atoms with Crippen molar-refractivity contribution in [3.05, 3.63) is 54.1 Å². The summed E-state index contributed by atoms with van der Waals surface area (Å²) >= 11 is 0. The number of para-hydroxylation sites is 3. The normalized spacial score (nSPS) is 17.5. The van der Waals surface area contributed by atoms with Crippen molar-refractivity contribution >= 4 is 17.6 Å². The molecular weight excluding hydrogens is 354 g/mol. The molecule has 1 saturated heterocycles. The van der Waals surface area contributed by atoms with Gasteiger partial charge in [-0.2, -0.15) is 0 Å². The largest absolute Gasteiger partial charge is 0.492 e. The van der Waals surface area contributed by atoms with E-state index >= 15 is 0 Å². The summed E-state index contributed by atoms with van der Waals surface area (Å²) < 4.78 is 11.3. The van der Waals surface area contributed by atoms with Gasteiger partial charge < -0.3 is 14.4 Å². The molecule has 148 valence electrons. The molecule has 0 saturated carbocycles. The Morgan fingerprint density at radius 3 is 2.50 bits per heavy atom. The van der Waals surface area contributed by atoms with Crippen LogP contribution in [0, 0.1) is 5.92 Å². The van der Waals surface area contributed by atoms with Crippen LogP contribution < -0.4 is 14.4 Å². The maximum Gasteiger partial charge on any atom is 0.316 e. The molecule has 5 nitrogen and oxygen atoms in total. The zero-order valence-corrected chi connectivity index (χ0v) is 16.7. The lowest BCUT2D eigenvalue weighted by Crippen LogP contribution is -2.27. The number of amides is 1. The van der Waals surface area contributed by atoms with Gasteiger partial charge in [0, 0.05) is 13.0 Å². The van der Waals surface area contributed by atoms with E-state index in [1.807, 2.05) is 55.5 Å². The van der Waals surface area contributed by atoms with E-state index in [1.165, 1.54) is 0 Å². The van der Waals surface area contributed by atoms with Gasteiger partial charge in [-0.15, -0.1) is 0 Å². The second-order valence-corrected chi connectivity index (χ2v) is 7.07. The Hall–Kier alpha value is -2.82. The van der Waals surface area contributed by atoms with Crippen LogP contribution in [0.15, 0.2) is 48.5 Å². The molecular formula is C23H27NO4. The van der Waals surface area contributed by atoms with Crippen molar-refractivity contribution in [1.29, 1.82) is 0 Å². The molecule has 2 aromatic carbocycles. The Bertz CT molecular complexity index is 848. The van der Waals surface area contributed by atoms with Gasteiger partial charge in [0.15, 0.2) is 0 Å². The second kappa shape index (κ2) is 8.91. The average Bonchev–Trinajstić information content (AvgIpc) is 3.10. The van der Waals surface area contributed by atoms with Gasteiger partial charge in [0.2, 0.25) is 5.91 Å². The van der Waals surface area contributed by atoms with E-state index in [0.29, 0.717) is 36.3 Å². The first-order valence-electron chi connectivity index (χ1n) is 9.87. The van der Waals surface area contributed by atoms with E-state index in [-0.39, 0.29) is 18.3 Å². The third-order valence-corrected chi connectivity index (χ3v) is 5.19. The van der Waals surface area contributed by atoms with Crippen LogP contribution >= 0.6 is 0 Å². The molecule has 5 heteroatoms. The van der Waals surface area contributed by atoms with Gasteiger partial charge in [-0.05, 0) is 43.0 Å². The number of esters is 1. The first-order chi connectivity index (χ1) is 13.5. The molecule has 0 aliphatic carbocycles. The van der Waals surface area contributed by atoms with E-state index in [0.717, 1.165) is 12.0 Å². The maximum absolute atomic E-state index is 12.8. The van der Waals surface area contributed by atoms with Gasteiger partial charge in [-0.25, -0.2) is 0 Å². The number of anilines is 1. The fraction of sp³-hybridized carbons (Fsp3) is 0.391. The molecule has 0 radical (unpaired) electrons. The SMILES string of the molecule is CCOc1ccccc1N1C[C@@H](C(=O)Oc2ccccc2[C@@H](C)CC)CC1=O. The van der Waals surface area contributed by atoms with Crippen LogP contribution in [0.25, 0.3) is 0 Å². The Balaban J connectivity index is 1.75. The van der Waals surface area contributed by atoms with Crippen LogP contribution in [0.4, 0.5) is 5.69 Å². The van der Waals surface area contributed by atoms with Crippen molar-refractivity contribution in [3.63, 3.8) is 0 Å². The standard InChI is InChI=1S/C23H27NO4/c1-4-16(3)18-10-6-8-12-20(18)28-23(26)17-14-22(25)24(15-17)19-11-7-9-13-21(19)27-5-2/h6-13,16-17H,4-5,14-15H2,1-3H3/t16-,17-/m0/s1. The number of carbonyl (C=O) groups excluding carboxylic acids is 2. The topological polar surface area (TPSA) is 55.8 Å². The highest BCUT2D eigenvalue weighted by molar-refractivity contribution is 6.00. The zero-order valence-electron chi connectivity index (χ0n) is 16.7. The van der Waals surface area contributed by atoms with Crippen molar-refractivity contribution in [2.45, 2.75) is 39.5 Å². The molecule has 1 aliphatic heterocycles. The Labute approximate surface area is 166 Å². The lowest BCUT2D eigenvalue weighted by molar-refractivity contribution is -0.139. The summed E-state index contributed by atoms with van der Waals surface area (Å²) in [5, 5.41) is 0. The maximum atomic E-state index is 12.8. The minimum absolute atomic E-state index is 0.0932. The predicted octanol–water partition coefficient (Wildman–Crippen LogP) is 4.56. The highest BCUT2D eigenvalue weighted by Crippen LogP contribution is 2.34. The first-order valence-corrected chi connectivity index (χ1v) is 9.87. The quantitative estimate of drug-likeness (QED) is 0.521. The Kier molecular flexibility index (Phi) is 6.34. The number of hydrogen-bond acceptors (Lipinski definition) is 4. The summed E-state index contributed by atoms with van der Waals surface area (Å²) in [6.45, 7) is 6.92. The Morgan fingerprint density at radius 2 is 1.79 bits per heavy atom. The minimum atomic E-state index is -0.493. The lowest BCUT2D eigenvalue weighted by atomic mass is 9.98. The van der Waals surface area contributed by atoms with Crippen LogP contribution in [0.2, 0.25) is 0 Å². The summed E-state index contributed by atoms with van der Waals surface area (Å²) in [5.74, 6) is 0.581. The number of hydrogen-bond donors (Lipinski definition) is 0. The van der Waals surface area contributed by atoms with Gasteiger partial charge in [-0.3, -0.25) is 9.59 Å².